The summed E-state index contributed by atoms with van der Waals surface area (Å²) >= 11 is 0. The fourth-order valence-corrected chi connectivity index (χ4v) is 1.32. The first-order valence-electron chi connectivity index (χ1n) is 4.69. The van der Waals surface area contributed by atoms with Crippen LogP contribution in [0.5, 0.6) is 0 Å². The van der Waals surface area contributed by atoms with Crippen LogP contribution in [-0.4, -0.2) is 34.7 Å². The van der Waals surface area contributed by atoms with Crippen LogP contribution in [0, 0.1) is 6.92 Å². The summed E-state index contributed by atoms with van der Waals surface area (Å²) in [6, 6.07) is 2.07. The second-order valence-corrected chi connectivity index (χ2v) is 3.20. The van der Waals surface area contributed by atoms with Crippen LogP contribution >= 0.6 is 0 Å². The summed E-state index contributed by atoms with van der Waals surface area (Å²) < 4.78 is 0. The second kappa shape index (κ2) is 4.99. The maximum Gasteiger partial charge on any atom is 0.0765 e. The van der Waals surface area contributed by atoms with Crippen LogP contribution in [0.3, 0.4) is 0 Å². The van der Waals surface area contributed by atoms with E-state index in [4.69, 9.17) is 5.73 Å². The van der Waals surface area contributed by atoms with Gasteiger partial charge in [0, 0.05) is 25.3 Å². The summed E-state index contributed by atoms with van der Waals surface area (Å²) in [6.07, 6.45) is 0. The van der Waals surface area contributed by atoms with Gasteiger partial charge in [0.15, 0.2) is 0 Å². The van der Waals surface area contributed by atoms with E-state index >= 15 is 0 Å². The van der Waals surface area contributed by atoms with Crippen molar-refractivity contribution in [3.63, 3.8) is 0 Å². The lowest BCUT2D eigenvalue weighted by atomic mass is 10.3. The highest BCUT2D eigenvalue weighted by atomic mass is 15.2. The zero-order valence-electron chi connectivity index (χ0n) is 8.38. The van der Waals surface area contributed by atoms with Crippen molar-refractivity contribution in [2.24, 2.45) is 5.73 Å². The van der Waals surface area contributed by atoms with Crippen molar-refractivity contribution in [2.45, 2.75) is 20.4 Å². The Kier molecular flexibility index (Phi) is 3.92. The number of hydrogen-bond donors (Lipinski definition) is 2. The van der Waals surface area contributed by atoms with Crippen molar-refractivity contribution >= 4 is 0 Å². The molecule has 0 radical (unpaired) electrons. The van der Waals surface area contributed by atoms with E-state index in [1.54, 1.807) is 0 Å². The molecular weight excluding hydrogens is 164 g/mol. The third-order valence-electron chi connectivity index (χ3n) is 2.04. The van der Waals surface area contributed by atoms with Gasteiger partial charge in [-0.3, -0.25) is 10.00 Å². The monoisotopic (exact) mass is 182 g/mol. The molecule has 0 aromatic carbocycles. The largest absolute Gasteiger partial charge is 0.329 e. The van der Waals surface area contributed by atoms with E-state index < -0.39 is 0 Å². The smallest absolute Gasteiger partial charge is 0.0765 e. The Bertz CT molecular complexity index is 244. The average Bonchev–Trinajstić information content (AvgIpc) is 2.50. The lowest BCUT2D eigenvalue weighted by molar-refractivity contribution is 0.284. The Morgan fingerprint density at radius 3 is 2.85 bits per heavy atom. The first kappa shape index (κ1) is 10.2. The molecule has 0 atom stereocenters. The van der Waals surface area contributed by atoms with Gasteiger partial charge in [-0.2, -0.15) is 5.10 Å². The van der Waals surface area contributed by atoms with Crippen molar-refractivity contribution < 1.29 is 0 Å². The zero-order chi connectivity index (χ0) is 9.68. The molecule has 0 aliphatic carbocycles. The molecule has 4 heteroatoms. The van der Waals surface area contributed by atoms with Gasteiger partial charge >= 0.3 is 0 Å². The molecule has 0 fully saturated rings. The number of H-pyrrole nitrogens is 1. The number of hydrogen-bond acceptors (Lipinski definition) is 3. The van der Waals surface area contributed by atoms with Crippen molar-refractivity contribution in [2.75, 3.05) is 19.6 Å². The van der Waals surface area contributed by atoms with E-state index in [1.807, 2.05) is 6.92 Å². The number of aromatic nitrogens is 2. The van der Waals surface area contributed by atoms with Gasteiger partial charge in [-0.05, 0) is 19.5 Å². The van der Waals surface area contributed by atoms with Crippen LogP contribution in [0.25, 0.3) is 0 Å². The molecule has 0 unspecified atom stereocenters. The fraction of sp³-hybridized carbons (Fsp3) is 0.667. The molecule has 74 valence electrons. The molecule has 0 spiro atoms. The summed E-state index contributed by atoms with van der Waals surface area (Å²) in [6.45, 7) is 7.69. The maximum absolute atomic E-state index is 5.49. The van der Waals surface area contributed by atoms with E-state index in [9.17, 15) is 0 Å². The van der Waals surface area contributed by atoms with Gasteiger partial charge in [-0.15, -0.1) is 0 Å². The van der Waals surface area contributed by atoms with Crippen LogP contribution in [0.2, 0.25) is 0 Å². The Balaban J connectivity index is 2.46. The Morgan fingerprint density at radius 2 is 2.38 bits per heavy atom. The number of rotatable bonds is 5. The van der Waals surface area contributed by atoms with E-state index in [0.717, 1.165) is 31.0 Å². The van der Waals surface area contributed by atoms with Gasteiger partial charge in [-0.25, -0.2) is 0 Å². The highest BCUT2D eigenvalue weighted by Gasteiger charge is 2.04. The molecule has 4 nitrogen and oxygen atoms in total. The van der Waals surface area contributed by atoms with Gasteiger partial charge in [0.1, 0.15) is 0 Å². The Hall–Kier alpha value is -0.870. The molecule has 0 bridgehead atoms. The van der Waals surface area contributed by atoms with Crippen molar-refractivity contribution in [3.8, 4) is 0 Å². The van der Waals surface area contributed by atoms with Crippen LogP contribution in [0.4, 0.5) is 0 Å². The standard InChI is InChI=1S/C9H18N4/c1-3-13(5-4-10)7-9-6-8(2)11-12-9/h6H,3-5,7,10H2,1-2H3,(H,11,12). The topological polar surface area (TPSA) is 57.9 Å². The summed E-state index contributed by atoms with van der Waals surface area (Å²) in [5, 5.41) is 7.11. The van der Waals surface area contributed by atoms with Gasteiger partial charge in [0.05, 0.1) is 5.69 Å². The summed E-state index contributed by atoms with van der Waals surface area (Å²) in [5.74, 6) is 0. The number of nitrogens with one attached hydrogen (secondary N) is 1. The summed E-state index contributed by atoms with van der Waals surface area (Å²) in [4.78, 5) is 2.27. The Labute approximate surface area is 79.1 Å². The molecule has 0 saturated carbocycles. The first-order valence-corrected chi connectivity index (χ1v) is 4.69. The summed E-state index contributed by atoms with van der Waals surface area (Å²) in [7, 11) is 0. The molecule has 1 aromatic rings. The van der Waals surface area contributed by atoms with Crippen LogP contribution < -0.4 is 5.73 Å². The van der Waals surface area contributed by atoms with Crippen LogP contribution in [0.15, 0.2) is 6.07 Å². The lowest BCUT2D eigenvalue weighted by Gasteiger charge is -2.17. The number of aromatic amines is 1. The molecule has 1 rings (SSSR count). The van der Waals surface area contributed by atoms with E-state index in [2.05, 4.69) is 28.1 Å². The molecule has 0 saturated heterocycles. The number of likely N-dealkylation sites (N-methyl/N-ethyl adjacent to an activating group) is 1. The van der Waals surface area contributed by atoms with Gasteiger partial charge in [0.25, 0.3) is 0 Å². The second-order valence-electron chi connectivity index (χ2n) is 3.20. The lowest BCUT2D eigenvalue weighted by Crippen LogP contribution is -2.28. The SMILES string of the molecule is CCN(CCN)Cc1cc(C)[nH]n1. The average molecular weight is 182 g/mol. The minimum absolute atomic E-state index is 0.706. The predicted molar refractivity (Wildman–Crippen MR) is 53.3 cm³/mol. The van der Waals surface area contributed by atoms with E-state index in [0.29, 0.717) is 6.54 Å². The first-order chi connectivity index (χ1) is 6.26. The fourth-order valence-electron chi connectivity index (χ4n) is 1.32. The van der Waals surface area contributed by atoms with E-state index in [1.165, 1.54) is 0 Å². The normalized spacial score (nSPS) is 11.1. The summed E-state index contributed by atoms with van der Waals surface area (Å²) in [5.41, 5.74) is 7.69. The number of nitrogens with zero attached hydrogens (tertiary/aromatic N) is 2. The number of nitrogens with two attached hydrogens (primary N) is 1. The van der Waals surface area contributed by atoms with Crippen LogP contribution in [0.1, 0.15) is 18.3 Å². The minimum atomic E-state index is 0.706. The Morgan fingerprint density at radius 1 is 1.62 bits per heavy atom. The number of aryl methyl sites for hydroxylation is 1. The van der Waals surface area contributed by atoms with E-state index in [-0.39, 0.29) is 0 Å². The molecule has 13 heavy (non-hydrogen) atoms. The molecule has 1 aromatic heterocycles. The molecule has 0 amide bonds. The van der Waals surface area contributed by atoms with Crippen LogP contribution in [-0.2, 0) is 6.54 Å². The van der Waals surface area contributed by atoms with Gasteiger partial charge in [0.2, 0.25) is 0 Å². The highest BCUT2D eigenvalue weighted by Crippen LogP contribution is 2.02. The molecule has 0 aliphatic rings. The maximum atomic E-state index is 5.49. The quantitative estimate of drug-likeness (QED) is 0.697. The molecule has 1 heterocycles. The van der Waals surface area contributed by atoms with Gasteiger partial charge < -0.3 is 5.73 Å². The molecular formula is C9H18N4. The predicted octanol–water partition coefficient (Wildman–Crippen LogP) is 0.499. The van der Waals surface area contributed by atoms with Gasteiger partial charge in [-0.1, -0.05) is 6.92 Å². The third-order valence-corrected chi connectivity index (χ3v) is 2.04. The molecule has 0 aliphatic heterocycles. The van der Waals surface area contributed by atoms with Crippen molar-refractivity contribution in [1.82, 2.24) is 15.1 Å². The third kappa shape index (κ3) is 3.16. The highest BCUT2D eigenvalue weighted by molar-refractivity contribution is 5.06. The van der Waals surface area contributed by atoms with Crippen molar-refractivity contribution in [3.05, 3.63) is 17.5 Å². The zero-order valence-corrected chi connectivity index (χ0v) is 8.38. The minimum Gasteiger partial charge on any atom is -0.329 e. The molecule has 3 N–H and O–H groups in total. The van der Waals surface area contributed by atoms with Crippen molar-refractivity contribution in [1.29, 1.82) is 0 Å².